The van der Waals surface area contributed by atoms with Gasteiger partial charge in [0, 0.05) is 19.0 Å². The van der Waals surface area contributed by atoms with Gasteiger partial charge in [-0.05, 0) is 12.3 Å². The van der Waals surface area contributed by atoms with Crippen LogP contribution < -0.4 is 11.3 Å². The van der Waals surface area contributed by atoms with Gasteiger partial charge in [0.2, 0.25) is 0 Å². The smallest absolute Gasteiger partial charge is 0.138 e. The van der Waals surface area contributed by atoms with Gasteiger partial charge < -0.3 is 0 Å². The quantitative estimate of drug-likeness (QED) is 0.539. The van der Waals surface area contributed by atoms with Crippen molar-refractivity contribution in [2.45, 2.75) is 52.6 Å². The normalized spacial score (nSPS) is 15.0. The van der Waals surface area contributed by atoms with E-state index in [2.05, 4.69) is 36.3 Å². The minimum atomic E-state index is 0.268. The van der Waals surface area contributed by atoms with Crippen LogP contribution in [0.1, 0.15) is 39.4 Å². The lowest BCUT2D eigenvalue weighted by Crippen LogP contribution is -2.42. The Bertz CT molecular complexity index is 296. The molecule has 1 aromatic heterocycles. The Balaban J connectivity index is 2.66. The molecule has 0 aromatic carbocycles. The molecule has 0 radical (unpaired) electrons. The predicted octanol–water partition coefficient (Wildman–Crippen LogP) is 1.11. The van der Waals surface area contributed by atoms with Gasteiger partial charge in [-0.25, -0.2) is 4.98 Å². The zero-order valence-electron chi connectivity index (χ0n) is 10.5. The van der Waals surface area contributed by atoms with Crippen LogP contribution in [0, 0.1) is 5.92 Å². The summed E-state index contributed by atoms with van der Waals surface area (Å²) < 4.78 is 1.96. The molecule has 0 spiro atoms. The number of hydrogen-bond acceptors (Lipinski definition) is 4. The van der Waals surface area contributed by atoms with Gasteiger partial charge in [-0.15, -0.1) is 0 Å². The maximum absolute atomic E-state index is 5.58. The fourth-order valence-electron chi connectivity index (χ4n) is 1.75. The van der Waals surface area contributed by atoms with Crippen LogP contribution in [0.4, 0.5) is 0 Å². The first kappa shape index (κ1) is 13.1. The van der Waals surface area contributed by atoms with Crippen molar-refractivity contribution in [1.29, 1.82) is 0 Å². The van der Waals surface area contributed by atoms with Gasteiger partial charge in [0.1, 0.15) is 12.2 Å². The van der Waals surface area contributed by atoms with E-state index in [-0.39, 0.29) is 6.04 Å². The van der Waals surface area contributed by atoms with Gasteiger partial charge >= 0.3 is 0 Å². The van der Waals surface area contributed by atoms with Crippen molar-refractivity contribution in [2.24, 2.45) is 11.8 Å². The Morgan fingerprint density at radius 2 is 2.25 bits per heavy atom. The van der Waals surface area contributed by atoms with E-state index in [1.54, 1.807) is 6.33 Å². The number of nitrogens with zero attached hydrogens (tertiary/aromatic N) is 3. The summed E-state index contributed by atoms with van der Waals surface area (Å²) in [4.78, 5) is 4.30. The number of aromatic nitrogens is 3. The molecule has 0 aliphatic carbocycles. The van der Waals surface area contributed by atoms with Crippen LogP contribution in [-0.2, 0) is 13.0 Å². The lowest BCUT2D eigenvalue weighted by molar-refractivity contribution is 0.358. The molecule has 2 unspecified atom stereocenters. The third-order valence-electron chi connectivity index (χ3n) is 3.08. The fraction of sp³-hybridized carbons (Fsp3) is 0.818. The Morgan fingerprint density at radius 1 is 1.50 bits per heavy atom. The van der Waals surface area contributed by atoms with Crippen molar-refractivity contribution in [1.82, 2.24) is 20.2 Å². The van der Waals surface area contributed by atoms with Crippen molar-refractivity contribution in [3.8, 4) is 0 Å². The van der Waals surface area contributed by atoms with Crippen molar-refractivity contribution in [2.75, 3.05) is 0 Å². The van der Waals surface area contributed by atoms with Gasteiger partial charge in [-0.3, -0.25) is 16.0 Å². The molecule has 0 fully saturated rings. The van der Waals surface area contributed by atoms with Crippen molar-refractivity contribution in [3.63, 3.8) is 0 Å². The third kappa shape index (κ3) is 3.28. The van der Waals surface area contributed by atoms with Crippen LogP contribution in [0.3, 0.4) is 0 Å². The van der Waals surface area contributed by atoms with E-state index in [9.17, 15) is 0 Å². The maximum Gasteiger partial charge on any atom is 0.138 e. The molecule has 92 valence electrons. The van der Waals surface area contributed by atoms with Crippen LogP contribution in [-0.4, -0.2) is 20.8 Å². The molecule has 1 aromatic rings. The van der Waals surface area contributed by atoms with Crippen molar-refractivity contribution in [3.05, 3.63) is 12.2 Å². The van der Waals surface area contributed by atoms with Crippen LogP contribution >= 0.6 is 0 Å². The average molecular weight is 225 g/mol. The van der Waals surface area contributed by atoms with Gasteiger partial charge in [0.15, 0.2) is 0 Å². The number of aryl methyl sites for hydroxylation is 1. The zero-order valence-corrected chi connectivity index (χ0v) is 10.5. The Hall–Kier alpha value is -0.940. The topological polar surface area (TPSA) is 68.8 Å². The number of nitrogens with two attached hydrogens (primary N) is 1. The van der Waals surface area contributed by atoms with E-state index in [0.29, 0.717) is 5.92 Å². The monoisotopic (exact) mass is 225 g/mol. The molecule has 0 aliphatic heterocycles. The van der Waals surface area contributed by atoms with E-state index < -0.39 is 0 Å². The van der Waals surface area contributed by atoms with Crippen LogP contribution in [0.2, 0.25) is 0 Å². The highest BCUT2D eigenvalue weighted by Crippen LogP contribution is 2.11. The highest BCUT2D eigenvalue weighted by molar-refractivity contribution is 4.90. The van der Waals surface area contributed by atoms with Gasteiger partial charge in [-0.2, -0.15) is 5.10 Å². The van der Waals surface area contributed by atoms with E-state index in [1.807, 2.05) is 4.68 Å². The highest BCUT2D eigenvalue weighted by Gasteiger charge is 2.17. The maximum atomic E-state index is 5.58. The summed E-state index contributed by atoms with van der Waals surface area (Å²) in [5, 5.41) is 4.22. The number of hydrazine groups is 1. The van der Waals surface area contributed by atoms with Gasteiger partial charge in [-0.1, -0.05) is 27.2 Å². The van der Waals surface area contributed by atoms with Gasteiger partial charge in [0.05, 0.1) is 0 Å². The second-order valence-corrected chi connectivity index (χ2v) is 4.26. The molecule has 1 rings (SSSR count). The molecule has 0 saturated heterocycles. The highest BCUT2D eigenvalue weighted by atomic mass is 15.3. The molecule has 2 atom stereocenters. The largest absolute Gasteiger partial charge is 0.271 e. The molecule has 1 heterocycles. The van der Waals surface area contributed by atoms with E-state index in [0.717, 1.165) is 31.6 Å². The van der Waals surface area contributed by atoms with Crippen LogP contribution in [0.5, 0.6) is 0 Å². The first-order valence-corrected chi connectivity index (χ1v) is 6.05. The summed E-state index contributed by atoms with van der Waals surface area (Å²) in [6.07, 6.45) is 4.64. The SMILES string of the molecule is CCCn1ncnc1CC(NN)C(C)CC. The summed E-state index contributed by atoms with van der Waals surface area (Å²) in [7, 11) is 0. The second-order valence-electron chi connectivity index (χ2n) is 4.26. The lowest BCUT2D eigenvalue weighted by atomic mass is 9.97. The molecule has 3 N–H and O–H groups in total. The Morgan fingerprint density at radius 3 is 2.81 bits per heavy atom. The summed E-state index contributed by atoms with van der Waals surface area (Å²) in [6, 6.07) is 0.268. The van der Waals surface area contributed by atoms with Crippen LogP contribution in [0.15, 0.2) is 6.33 Å². The first-order chi connectivity index (χ1) is 7.72. The molecule has 16 heavy (non-hydrogen) atoms. The lowest BCUT2D eigenvalue weighted by Gasteiger charge is -2.21. The molecule has 5 heteroatoms. The summed E-state index contributed by atoms with van der Waals surface area (Å²) in [6.45, 7) is 7.43. The standard InChI is InChI=1S/C11H23N5/c1-4-6-16-11(13-8-14-16)7-10(15-12)9(3)5-2/h8-10,15H,4-7,12H2,1-3H3. The molecule has 0 saturated carbocycles. The van der Waals surface area contributed by atoms with Crippen LogP contribution in [0.25, 0.3) is 0 Å². The Kier molecular flexibility index (Phi) is 5.42. The first-order valence-electron chi connectivity index (χ1n) is 6.05. The third-order valence-corrected chi connectivity index (χ3v) is 3.08. The summed E-state index contributed by atoms with van der Waals surface area (Å²) in [5.74, 6) is 7.14. The van der Waals surface area contributed by atoms with Gasteiger partial charge in [0.25, 0.3) is 0 Å². The summed E-state index contributed by atoms with van der Waals surface area (Å²) >= 11 is 0. The molecule has 0 amide bonds. The molecular weight excluding hydrogens is 202 g/mol. The average Bonchev–Trinajstić information content (AvgIpc) is 2.73. The van der Waals surface area contributed by atoms with E-state index in [4.69, 9.17) is 5.84 Å². The molecular formula is C11H23N5. The van der Waals surface area contributed by atoms with E-state index >= 15 is 0 Å². The minimum absolute atomic E-state index is 0.268. The van der Waals surface area contributed by atoms with Crippen molar-refractivity contribution >= 4 is 0 Å². The zero-order chi connectivity index (χ0) is 12.0. The second kappa shape index (κ2) is 6.60. The molecule has 5 nitrogen and oxygen atoms in total. The summed E-state index contributed by atoms with van der Waals surface area (Å²) in [5.41, 5.74) is 2.88. The Labute approximate surface area is 97.4 Å². The fourth-order valence-corrected chi connectivity index (χ4v) is 1.75. The number of hydrogen-bond donors (Lipinski definition) is 2. The van der Waals surface area contributed by atoms with Crippen molar-refractivity contribution < 1.29 is 0 Å². The molecule has 0 aliphatic rings. The van der Waals surface area contributed by atoms with E-state index in [1.165, 1.54) is 0 Å². The number of nitrogens with one attached hydrogen (secondary N) is 1. The number of rotatable bonds is 7. The molecule has 0 bridgehead atoms. The predicted molar refractivity (Wildman–Crippen MR) is 64.6 cm³/mol. The minimum Gasteiger partial charge on any atom is -0.271 e.